The van der Waals surface area contributed by atoms with Gasteiger partial charge in [0.1, 0.15) is 6.04 Å². The van der Waals surface area contributed by atoms with Crippen LogP contribution in [-0.4, -0.2) is 24.2 Å². The zero-order valence-corrected chi connectivity index (χ0v) is 10.2. The summed E-state index contributed by atoms with van der Waals surface area (Å²) in [5, 5.41) is 17.5. The first-order valence-corrected chi connectivity index (χ1v) is 5.25. The zero-order valence-electron chi connectivity index (χ0n) is 10.2. The Bertz CT molecular complexity index is 535. The molecule has 19 heavy (non-hydrogen) atoms. The highest BCUT2D eigenvalue weighted by molar-refractivity contribution is 5.77. The Kier molecular flexibility index (Phi) is 4.04. The van der Waals surface area contributed by atoms with Crippen molar-refractivity contribution >= 4 is 11.7 Å². The van der Waals surface area contributed by atoms with Crippen LogP contribution in [0.3, 0.4) is 0 Å². The number of hydrogen-bond donors (Lipinski definition) is 1. The number of carbonyl (C=O) groups is 1. The number of carboxylic acids is 1. The van der Waals surface area contributed by atoms with Crippen molar-refractivity contribution in [1.29, 1.82) is 5.26 Å². The molecule has 0 amide bonds. The van der Waals surface area contributed by atoms with Crippen LogP contribution in [0.5, 0.6) is 0 Å². The van der Waals surface area contributed by atoms with Gasteiger partial charge in [-0.05, 0) is 25.1 Å². The minimum atomic E-state index is -4.66. The van der Waals surface area contributed by atoms with E-state index in [1.165, 1.54) is 31.0 Å². The number of rotatable bonds is 3. The summed E-state index contributed by atoms with van der Waals surface area (Å²) in [6.45, 7) is 1.35. The van der Waals surface area contributed by atoms with E-state index in [9.17, 15) is 18.0 Å². The average molecular weight is 272 g/mol. The monoisotopic (exact) mass is 272 g/mol. The maximum Gasteiger partial charge on any atom is 0.417 e. The molecule has 0 spiro atoms. The molecule has 0 fully saturated rings. The average Bonchev–Trinajstić information content (AvgIpc) is 2.35. The second-order valence-corrected chi connectivity index (χ2v) is 3.96. The maximum absolute atomic E-state index is 12.8. The van der Waals surface area contributed by atoms with Gasteiger partial charge in [0.05, 0.1) is 17.2 Å². The van der Waals surface area contributed by atoms with E-state index < -0.39 is 29.3 Å². The SMILES string of the molecule is CC(C(=O)O)N(C)c1ccc(C#N)c(C(F)(F)F)c1. The van der Waals surface area contributed by atoms with Crippen molar-refractivity contribution < 1.29 is 23.1 Å². The largest absolute Gasteiger partial charge is 0.480 e. The van der Waals surface area contributed by atoms with Crippen LogP contribution in [0, 0.1) is 11.3 Å². The third kappa shape index (κ3) is 3.16. The van der Waals surface area contributed by atoms with Crippen molar-refractivity contribution in [3.05, 3.63) is 29.3 Å². The van der Waals surface area contributed by atoms with Crippen LogP contribution >= 0.6 is 0 Å². The molecule has 0 aliphatic carbocycles. The van der Waals surface area contributed by atoms with Crippen LogP contribution in [0.25, 0.3) is 0 Å². The summed E-state index contributed by atoms with van der Waals surface area (Å²) in [6.07, 6.45) is -4.66. The summed E-state index contributed by atoms with van der Waals surface area (Å²) in [6, 6.07) is 3.58. The predicted octanol–water partition coefficient (Wildman–Crippen LogP) is 2.49. The summed E-state index contributed by atoms with van der Waals surface area (Å²) < 4.78 is 38.3. The van der Waals surface area contributed by atoms with Crippen LogP contribution in [0.4, 0.5) is 18.9 Å². The number of alkyl halides is 3. The number of nitriles is 1. The first kappa shape index (κ1) is 14.8. The standard InChI is InChI=1S/C12H11F3N2O2/c1-7(11(18)19)17(2)9-4-3-8(6-16)10(5-9)12(13,14)15/h3-5,7H,1-2H3,(H,18,19). The lowest BCUT2D eigenvalue weighted by Gasteiger charge is -2.24. The molecule has 1 aromatic rings. The van der Waals surface area contributed by atoms with Gasteiger partial charge >= 0.3 is 12.1 Å². The Labute approximate surface area is 107 Å². The molecule has 4 nitrogen and oxygen atoms in total. The van der Waals surface area contributed by atoms with Crippen molar-refractivity contribution in [2.24, 2.45) is 0 Å². The first-order valence-electron chi connectivity index (χ1n) is 5.25. The molecule has 0 bridgehead atoms. The third-order valence-corrected chi connectivity index (χ3v) is 2.77. The lowest BCUT2D eigenvalue weighted by molar-refractivity contribution is -0.138. The predicted molar refractivity (Wildman–Crippen MR) is 61.7 cm³/mol. The Balaban J connectivity index is 3.27. The minimum absolute atomic E-state index is 0.0845. The third-order valence-electron chi connectivity index (χ3n) is 2.77. The first-order chi connectivity index (χ1) is 8.68. The molecule has 7 heteroatoms. The topological polar surface area (TPSA) is 64.3 Å². The zero-order chi connectivity index (χ0) is 14.8. The summed E-state index contributed by atoms with van der Waals surface area (Å²) in [7, 11) is 1.38. The van der Waals surface area contributed by atoms with E-state index in [0.717, 1.165) is 12.1 Å². The molecule has 0 saturated heterocycles. The van der Waals surface area contributed by atoms with Crippen LogP contribution in [-0.2, 0) is 11.0 Å². The number of nitrogens with zero attached hydrogens (tertiary/aromatic N) is 2. The van der Waals surface area contributed by atoms with E-state index in [0.29, 0.717) is 0 Å². The fourth-order valence-corrected chi connectivity index (χ4v) is 1.47. The lowest BCUT2D eigenvalue weighted by Crippen LogP contribution is -2.35. The molecule has 1 aromatic carbocycles. The fraction of sp³-hybridized carbons (Fsp3) is 0.333. The number of carboxylic acid groups (broad SMARTS) is 1. The quantitative estimate of drug-likeness (QED) is 0.918. The molecule has 1 unspecified atom stereocenters. The van der Waals surface area contributed by atoms with Crippen molar-refractivity contribution in [3.8, 4) is 6.07 Å². The Morgan fingerprint density at radius 2 is 2.05 bits per heavy atom. The van der Waals surface area contributed by atoms with Crippen LogP contribution in [0.15, 0.2) is 18.2 Å². The Morgan fingerprint density at radius 3 is 2.47 bits per heavy atom. The molecule has 0 radical (unpaired) electrons. The molecule has 0 saturated carbocycles. The number of aliphatic carboxylic acids is 1. The fourth-order valence-electron chi connectivity index (χ4n) is 1.47. The smallest absolute Gasteiger partial charge is 0.417 e. The normalized spacial score (nSPS) is 12.6. The number of benzene rings is 1. The molecule has 1 atom stereocenters. The molecule has 0 aliphatic rings. The van der Waals surface area contributed by atoms with Crippen LogP contribution < -0.4 is 4.90 Å². The number of anilines is 1. The van der Waals surface area contributed by atoms with E-state index in [-0.39, 0.29) is 5.69 Å². The molecule has 1 N–H and O–H groups in total. The number of halogens is 3. The Morgan fingerprint density at radius 1 is 1.47 bits per heavy atom. The van der Waals surface area contributed by atoms with Crippen LogP contribution in [0.1, 0.15) is 18.1 Å². The summed E-state index contributed by atoms with van der Waals surface area (Å²) in [5.74, 6) is -1.15. The van der Waals surface area contributed by atoms with Crippen molar-refractivity contribution in [3.63, 3.8) is 0 Å². The van der Waals surface area contributed by atoms with Gasteiger partial charge in [-0.15, -0.1) is 0 Å². The molecule has 0 aliphatic heterocycles. The molecule has 1 rings (SSSR count). The van der Waals surface area contributed by atoms with Crippen molar-refractivity contribution in [2.75, 3.05) is 11.9 Å². The highest BCUT2D eigenvalue weighted by atomic mass is 19.4. The van der Waals surface area contributed by atoms with Crippen LogP contribution in [0.2, 0.25) is 0 Å². The second kappa shape index (κ2) is 5.18. The lowest BCUT2D eigenvalue weighted by atomic mass is 10.1. The summed E-state index contributed by atoms with van der Waals surface area (Å²) >= 11 is 0. The van der Waals surface area contributed by atoms with Gasteiger partial charge in [-0.25, -0.2) is 4.79 Å². The van der Waals surface area contributed by atoms with Gasteiger partial charge in [-0.1, -0.05) is 0 Å². The second-order valence-electron chi connectivity index (χ2n) is 3.96. The van der Waals surface area contributed by atoms with E-state index in [4.69, 9.17) is 10.4 Å². The highest BCUT2D eigenvalue weighted by Crippen LogP contribution is 2.34. The van der Waals surface area contributed by atoms with E-state index in [1.807, 2.05) is 0 Å². The maximum atomic E-state index is 12.8. The van der Waals surface area contributed by atoms with Gasteiger partial charge in [0, 0.05) is 12.7 Å². The highest BCUT2D eigenvalue weighted by Gasteiger charge is 2.34. The molecule has 102 valence electrons. The minimum Gasteiger partial charge on any atom is -0.480 e. The summed E-state index contributed by atoms with van der Waals surface area (Å²) in [5.41, 5.74) is -1.48. The van der Waals surface area contributed by atoms with E-state index in [2.05, 4.69) is 0 Å². The van der Waals surface area contributed by atoms with E-state index >= 15 is 0 Å². The van der Waals surface area contributed by atoms with Gasteiger partial charge in [0.2, 0.25) is 0 Å². The molecular weight excluding hydrogens is 261 g/mol. The van der Waals surface area contributed by atoms with Gasteiger partial charge in [-0.2, -0.15) is 18.4 Å². The van der Waals surface area contributed by atoms with Gasteiger partial charge in [-0.3, -0.25) is 0 Å². The van der Waals surface area contributed by atoms with E-state index in [1.54, 1.807) is 0 Å². The van der Waals surface area contributed by atoms with Gasteiger partial charge in [0.15, 0.2) is 0 Å². The summed E-state index contributed by atoms with van der Waals surface area (Å²) in [4.78, 5) is 12.0. The Hall–Kier alpha value is -2.23. The number of hydrogen-bond acceptors (Lipinski definition) is 3. The molecular formula is C12H11F3N2O2. The molecule has 0 aromatic heterocycles. The molecule has 0 heterocycles. The van der Waals surface area contributed by atoms with Gasteiger partial charge in [0.25, 0.3) is 0 Å². The van der Waals surface area contributed by atoms with Gasteiger partial charge < -0.3 is 10.0 Å². The van der Waals surface area contributed by atoms with Crippen molar-refractivity contribution in [1.82, 2.24) is 0 Å². The number of likely N-dealkylation sites (N-methyl/N-ethyl adjacent to an activating group) is 1. The van der Waals surface area contributed by atoms with Crippen molar-refractivity contribution in [2.45, 2.75) is 19.1 Å².